The van der Waals surface area contributed by atoms with Gasteiger partial charge in [-0.2, -0.15) is 0 Å². The number of hydrogen-bond donors (Lipinski definition) is 3. The molecular formula is C22H32F3N3O6. The van der Waals surface area contributed by atoms with Gasteiger partial charge in [0.1, 0.15) is 18.8 Å². The molecule has 2 aliphatic heterocycles. The number of likely N-dealkylation sites (tertiary alicyclic amines) is 1. The van der Waals surface area contributed by atoms with Crippen molar-refractivity contribution in [3.8, 4) is 0 Å². The van der Waals surface area contributed by atoms with E-state index in [-0.39, 0.29) is 30.1 Å². The molecule has 0 aromatic heterocycles. The fourth-order valence-electron chi connectivity index (χ4n) is 5.26. The molecule has 0 bridgehead atoms. The number of alkyl halides is 3. The smallest absolute Gasteiger partial charge is 0.383 e. The Bertz CT molecular complexity index is 805. The normalized spacial score (nSPS) is 28.6. The van der Waals surface area contributed by atoms with E-state index in [4.69, 9.17) is 0 Å². The van der Waals surface area contributed by atoms with E-state index in [2.05, 4.69) is 15.4 Å². The maximum atomic E-state index is 13.4. The van der Waals surface area contributed by atoms with Crippen LogP contribution >= 0.6 is 0 Å². The second-order valence-electron chi connectivity index (χ2n) is 9.75. The molecule has 5 unspecified atom stereocenters. The number of hydrogen-bond acceptors (Lipinski definition) is 6. The van der Waals surface area contributed by atoms with Gasteiger partial charge in [0, 0.05) is 19.0 Å². The maximum absolute atomic E-state index is 13.4. The number of halogens is 3. The molecular weight excluding hydrogens is 459 g/mol. The Balaban J connectivity index is 1.78. The lowest BCUT2D eigenvalue weighted by atomic mass is 9.92. The third kappa shape index (κ3) is 6.07. The number of aliphatic hydroxyl groups excluding tert-OH is 1. The van der Waals surface area contributed by atoms with Crippen LogP contribution in [-0.4, -0.2) is 77.8 Å². The minimum absolute atomic E-state index is 0.0717. The third-order valence-corrected chi connectivity index (χ3v) is 7.09. The topological polar surface area (TPSA) is 125 Å². The Morgan fingerprint density at radius 3 is 2.53 bits per heavy atom. The summed E-state index contributed by atoms with van der Waals surface area (Å²) in [5.41, 5.74) is 0. The zero-order chi connectivity index (χ0) is 25.2. The number of nitrogens with zero attached hydrogens (tertiary/aromatic N) is 1. The van der Waals surface area contributed by atoms with Gasteiger partial charge in [-0.15, -0.1) is 13.2 Å². The van der Waals surface area contributed by atoms with Gasteiger partial charge in [0.05, 0.1) is 6.04 Å². The number of carbonyl (C=O) groups is 4. The quantitative estimate of drug-likeness (QED) is 0.437. The first-order valence-electron chi connectivity index (χ1n) is 11.7. The van der Waals surface area contributed by atoms with Crippen molar-refractivity contribution in [3.05, 3.63) is 0 Å². The van der Waals surface area contributed by atoms with Crippen LogP contribution in [0.15, 0.2) is 0 Å². The molecule has 3 N–H and O–H groups in total. The fraction of sp³-hybridized carbons (Fsp3) is 0.818. The predicted octanol–water partition coefficient (Wildman–Crippen LogP) is 0.747. The van der Waals surface area contributed by atoms with Gasteiger partial charge in [-0.05, 0) is 43.4 Å². The summed E-state index contributed by atoms with van der Waals surface area (Å²) in [7, 11) is 0. The van der Waals surface area contributed by atoms with Crippen LogP contribution < -0.4 is 10.6 Å². The average Bonchev–Trinajstić information content (AvgIpc) is 3.45. The van der Waals surface area contributed by atoms with Crippen LogP contribution in [-0.2, 0) is 23.9 Å². The lowest BCUT2D eigenvalue weighted by Gasteiger charge is -2.31. The molecule has 0 spiro atoms. The van der Waals surface area contributed by atoms with Crippen molar-refractivity contribution in [3.63, 3.8) is 0 Å². The molecule has 34 heavy (non-hydrogen) atoms. The molecule has 3 amide bonds. The summed E-state index contributed by atoms with van der Waals surface area (Å²) in [6.45, 7) is 2.73. The van der Waals surface area contributed by atoms with Gasteiger partial charge in [-0.25, -0.2) is 0 Å². The van der Waals surface area contributed by atoms with Gasteiger partial charge in [-0.1, -0.05) is 20.3 Å². The van der Waals surface area contributed by atoms with E-state index in [1.54, 1.807) is 13.8 Å². The SMILES string of the molecule is CC(C)C(O)C(=O)N1CC2CCCC2[C@H]1C(=O)NC(CC1CCNC1=O)C(=O)COC(F)(F)F. The zero-order valence-electron chi connectivity index (χ0n) is 19.3. The Labute approximate surface area is 195 Å². The molecule has 1 aliphatic carbocycles. The van der Waals surface area contributed by atoms with Crippen LogP contribution in [0.25, 0.3) is 0 Å². The van der Waals surface area contributed by atoms with Gasteiger partial charge >= 0.3 is 6.36 Å². The number of aliphatic hydroxyl groups is 1. The summed E-state index contributed by atoms with van der Waals surface area (Å²) in [5, 5.41) is 15.4. The number of rotatable bonds is 9. The molecule has 3 fully saturated rings. The fourth-order valence-corrected chi connectivity index (χ4v) is 5.26. The highest BCUT2D eigenvalue weighted by molar-refractivity contribution is 5.95. The van der Waals surface area contributed by atoms with E-state index in [9.17, 15) is 37.5 Å². The lowest BCUT2D eigenvalue weighted by Crippen LogP contribution is -2.55. The summed E-state index contributed by atoms with van der Waals surface area (Å²) in [4.78, 5) is 52.2. The van der Waals surface area contributed by atoms with Crippen LogP contribution in [0.2, 0.25) is 0 Å². The maximum Gasteiger partial charge on any atom is 0.522 e. The van der Waals surface area contributed by atoms with E-state index in [1.165, 1.54) is 4.90 Å². The molecule has 1 saturated carbocycles. The molecule has 2 saturated heterocycles. The molecule has 0 radical (unpaired) electrons. The Hall–Kier alpha value is -2.21. The Kier molecular flexibility index (Phi) is 8.22. The molecule has 9 nitrogen and oxygen atoms in total. The highest BCUT2D eigenvalue weighted by Crippen LogP contribution is 2.42. The van der Waals surface area contributed by atoms with Crippen molar-refractivity contribution in [2.24, 2.45) is 23.7 Å². The lowest BCUT2D eigenvalue weighted by molar-refractivity contribution is -0.321. The van der Waals surface area contributed by atoms with Crippen molar-refractivity contribution in [2.75, 3.05) is 19.7 Å². The van der Waals surface area contributed by atoms with Crippen LogP contribution in [0.4, 0.5) is 13.2 Å². The molecule has 6 atom stereocenters. The minimum Gasteiger partial charge on any atom is -0.383 e. The van der Waals surface area contributed by atoms with E-state index >= 15 is 0 Å². The first-order chi connectivity index (χ1) is 15.9. The van der Waals surface area contributed by atoms with E-state index in [0.29, 0.717) is 25.9 Å². The molecule has 12 heteroatoms. The molecule has 3 rings (SSSR count). The number of ketones is 1. The van der Waals surface area contributed by atoms with Crippen molar-refractivity contribution in [2.45, 2.75) is 70.5 Å². The number of amides is 3. The van der Waals surface area contributed by atoms with Gasteiger partial charge in [0.25, 0.3) is 5.91 Å². The number of ether oxygens (including phenoxy) is 1. The molecule has 192 valence electrons. The summed E-state index contributed by atoms with van der Waals surface area (Å²) in [5.74, 6) is -3.69. The third-order valence-electron chi connectivity index (χ3n) is 7.09. The molecule has 2 heterocycles. The molecule has 3 aliphatic rings. The standard InChI is InChI=1S/C22H32F3N3O6/c1-11(2)18(30)21(33)28-9-13-4-3-5-14(13)17(28)20(32)27-15(8-12-6-7-26-19(12)31)16(29)10-34-22(23,24)25/h11-15,17-18,30H,3-10H2,1-2H3,(H,26,31)(H,27,32)/t12?,13?,14?,15?,17-,18?/m0/s1. The van der Waals surface area contributed by atoms with Crippen LogP contribution in [0.1, 0.15) is 46.0 Å². The Morgan fingerprint density at radius 2 is 1.94 bits per heavy atom. The first kappa shape index (κ1) is 26.4. The van der Waals surface area contributed by atoms with Crippen molar-refractivity contribution >= 4 is 23.5 Å². The monoisotopic (exact) mass is 491 g/mol. The zero-order valence-corrected chi connectivity index (χ0v) is 19.3. The van der Waals surface area contributed by atoms with Crippen molar-refractivity contribution in [1.82, 2.24) is 15.5 Å². The molecule has 0 aromatic carbocycles. The van der Waals surface area contributed by atoms with Crippen molar-refractivity contribution in [1.29, 1.82) is 0 Å². The minimum atomic E-state index is -5.02. The predicted molar refractivity (Wildman–Crippen MR) is 112 cm³/mol. The van der Waals surface area contributed by atoms with Gasteiger partial charge in [0.15, 0.2) is 5.78 Å². The van der Waals surface area contributed by atoms with E-state index < -0.39 is 54.7 Å². The largest absolute Gasteiger partial charge is 0.522 e. The summed E-state index contributed by atoms with van der Waals surface area (Å²) in [6, 6.07) is -2.32. The van der Waals surface area contributed by atoms with Crippen molar-refractivity contribution < 1.29 is 42.2 Å². The number of fused-ring (bicyclic) bond motifs is 1. The summed E-state index contributed by atoms with van der Waals surface area (Å²) >= 11 is 0. The second-order valence-corrected chi connectivity index (χ2v) is 9.75. The number of nitrogens with one attached hydrogen (secondary N) is 2. The highest BCUT2D eigenvalue weighted by Gasteiger charge is 2.51. The highest BCUT2D eigenvalue weighted by atomic mass is 19.4. The molecule has 0 aromatic rings. The Morgan fingerprint density at radius 1 is 1.24 bits per heavy atom. The summed E-state index contributed by atoms with van der Waals surface area (Å²) < 4.78 is 41.1. The first-order valence-corrected chi connectivity index (χ1v) is 11.7. The van der Waals surface area contributed by atoms with Gasteiger partial charge in [0.2, 0.25) is 11.8 Å². The summed E-state index contributed by atoms with van der Waals surface area (Å²) in [6.07, 6.45) is -3.72. The van der Waals surface area contributed by atoms with Crippen LogP contribution in [0.3, 0.4) is 0 Å². The van der Waals surface area contributed by atoms with Gasteiger partial charge < -0.3 is 20.6 Å². The van der Waals surface area contributed by atoms with E-state index in [0.717, 1.165) is 12.8 Å². The van der Waals surface area contributed by atoms with Gasteiger partial charge in [-0.3, -0.25) is 23.9 Å². The second kappa shape index (κ2) is 10.6. The van der Waals surface area contributed by atoms with E-state index in [1.807, 2.05) is 0 Å². The average molecular weight is 492 g/mol. The number of Topliss-reactive ketones (excluding diaryl/α,β-unsaturated/α-hetero) is 1. The van der Waals surface area contributed by atoms with Crippen LogP contribution in [0, 0.1) is 23.7 Å². The van der Waals surface area contributed by atoms with Crippen LogP contribution in [0.5, 0.6) is 0 Å². The number of carbonyl (C=O) groups excluding carboxylic acids is 4.